The molecule has 2 heterocycles. The molecule has 1 aliphatic rings. The number of ether oxygens (including phenoxy) is 2. The molecule has 198 valence electrons. The number of aliphatic hydroxyl groups is 1. The van der Waals surface area contributed by atoms with E-state index in [1.54, 1.807) is 19.9 Å². The Morgan fingerprint density at radius 1 is 1.27 bits per heavy atom. The first kappa shape index (κ1) is 26.9. The third-order valence-electron chi connectivity index (χ3n) is 5.37. The maximum absolute atomic E-state index is 13.7. The van der Waals surface area contributed by atoms with Crippen LogP contribution in [-0.2, 0) is 18.8 Å². The topological polar surface area (TPSA) is 141 Å². The second-order valence-corrected chi connectivity index (χ2v) is 9.89. The van der Waals surface area contributed by atoms with Crippen LogP contribution in [0.5, 0.6) is 5.75 Å². The number of aliphatic hydroxyl groups excluding tert-OH is 1. The largest absolute Gasteiger partial charge is 0.462 e. The molecule has 0 aliphatic carbocycles. The predicted octanol–water partition coefficient (Wildman–Crippen LogP) is 2.34. The van der Waals surface area contributed by atoms with E-state index in [9.17, 15) is 23.9 Å². The predicted molar refractivity (Wildman–Crippen MR) is 132 cm³/mol. The Kier molecular flexibility index (Phi) is 8.67. The Bertz CT molecular complexity index is 1360. The van der Waals surface area contributed by atoms with E-state index >= 15 is 0 Å². The molecule has 11 nitrogen and oxygen atoms in total. The molecule has 1 fully saturated rings. The summed E-state index contributed by atoms with van der Waals surface area (Å²) in [4.78, 5) is 37.2. The summed E-state index contributed by atoms with van der Waals surface area (Å²) in [7, 11) is -1.85. The number of hydrogen-bond donors (Lipinski definition) is 3. The third-order valence-corrected chi connectivity index (χ3v) is 6.55. The van der Waals surface area contributed by atoms with Crippen LogP contribution in [0.15, 0.2) is 58.3 Å². The summed E-state index contributed by atoms with van der Waals surface area (Å²) in [5.74, 6) is -1.16. The van der Waals surface area contributed by atoms with Gasteiger partial charge in [0.05, 0.1) is 25.0 Å². The van der Waals surface area contributed by atoms with E-state index in [2.05, 4.69) is 5.09 Å². The number of aromatic nitrogens is 2. The van der Waals surface area contributed by atoms with Gasteiger partial charge in [0.1, 0.15) is 18.4 Å². The molecule has 4 atom stereocenters. The van der Waals surface area contributed by atoms with Crippen LogP contribution in [0.2, 0.25) is 0 Å². The fraction of sp³-hybridized carbons (Fsp3) is 0.375. The highest BCUT2D eigenvalue weighted by Gasteiger charge is 2.37. The van der Waals surface area contributed by atoms with Crippen LogP contribution in [-0.4, -0.2) is 52.1 Å². The second kappa shape index (κ2) is 11.9. The van der Waals surface area contributed by atoms with Crippen molar-refractivity contribution in [1.82, 2.24) is 14.6 Å². The molecule has 4 rings (SSSR count). The van der Waals surface area contributed by atoms with Gasteiger partial charge in [-0.2, -0.15) is 4.39 Å². The van der Waals surface area contributed by atoms with Gasteiger partial charge < -0.3 is 23.6 Å². The average molecular weight is 535 g/mol. The minimum Gasteiger partial charge on any atom is -0.462 e. The number of fused-ring (bicyclic) bond motifs is 1. The van der Waals surface area contributed by atoms with Gasteiger partial charge in [-0.25, -0.2) is 9.88 Å². The van der Waals surface area contributed by atoms with Gasteiger partial charge in [-0.05, 0) is 36.8 Å². The molecule has 0 bridgehead atoms. The zero-order valence-electron chi connectivity index (χ0n) is 20.1. The van der Waals surface area contributed by atoms with Crippen LogP contribution in [0.3, 0.4) is 0 Å². The van der Waals surface area contributed by atoms with Crippen molar-refractivity contribution in [2.45, 2.75) is 44.8 Å². The minimum absolute atomic E-state index is 0.0698. The van der Waals surface area contributed by atoms with Gasteiger partial charge in [-0.3, -0.25) is 19.1 Å². The normalized spacial score (nSPS) is 20.3. The van der Waals surface area contributed by atoms with Crippen molar-refractivity contribution < 1.29 is 32.8 Å². The molecule has 2 aromatic carbocycles. The number of hydrogen-bond acceptors (Lipinski definition) is 9. The Labute approximate surface area is 212 Å². The smallest absolute Gasteiger partial charge is 0.330 e. The summed E-state index contributed by atoms with van der Waals surface area (Å²) in [6, 6.07) is 13.3. The van der Waals surface area contributed by atoms with Crippen molar-refractivity contribution >= 4 is 25.3 Å². The molecule has 4 unspecified atom stereocenters. The summed E-state index contributed by atoms with van der Waals surface area (Å²) in [5.41, 5.74) is -2.07. The average Bonchev–Trinajstić information content (AvgIpc) is 3.22. The van der Waals surface area contributed by atoms with E-state index < -0.39 is 50.0 Å². The molecular weight excluding hydrogens is 508 g/mol. The zero-order valence-corrected chi connectivity index (χ0v) is 21.0. The van der Waals surface area contributed by atoms with E-state index in [0.717, 1.165) is 15.3 Å². The molecule has 1 aromatic heterocycles. The molecule has 0 saturated carbocycles. The van der Waals surface area contributed by atoms with Gasteiger partial charge in [0.2, 0.25) is 5.82 Å². The van der Waals surface area contributed by atoms with Crippen LogP contribution in [0.4, 0.5) is 4.39 Å². The van der Waals surface area contributed by atoms with E-state index in [1.165, 1.54) is 0 Å². The molecule has 3 N–H and O–H groups in total. The van der Waals surface area contributed by atoms with Crippen molar-refractivity contribution in [1.29, 1.82) is 0 Å². The Balaban J connectivity index is 1.43. The highest BCUT2D eigenvalue weighted by Crippen LogP contribution is 2.38. The molecule has 0 radical (unpaired) electrons. The number of carbonyl (C=O) groups excluding carboxylic acids is 1. The van der Waals surface area contributed by atoms with E-state index in [-0.39, 0.29) is 25.7 Å². The van der Waals surface area contributed by atoms with Gasteiger partial charge in [0.15, 0.2) is 6.23 Å². The zero-order chi connectivity index (χ0) is 26.5. The quantitative estimate of drug-likeness (QED) is 0.264. The summed E-state index contributed by atoms with van der Waals surface area (Å²) < 4.78 is 37.2. The fourth-order valence-electron chi connectivity index (χ4n) is 3.75. The fourth-order valence-corrected chi connectivity index (χ4v) is 4.82. The number of carbonyl (C=O) groups is 1. The molecule has 13 heteroatoms. The Morgan fingerprint density at radius 2 is 2.03 bits per heavy atom. The third kappa shape index (κ3) is 7.00. The molecule has 0 amide bonds. The van der Waals surface area contributed by atoms with E-state index in [0.29, 0.717) is 11.9 Å². The summed E-state index contributed by atoms with van der Waals surface area (Å²) in [6.45, 7) is 3.24. The number of nitrogens with one attached hydrogen (secondary N) is 2. The van der Waals surface area contributed by atoms with Crippen molar-refractivity contribution in [3.63, 3.8) is 0 Å². The highest BCUT2D eigenvalue weighted by molar-refractivity contribution is 7.45. The van der Waals surface area contributed by atoms with E-state index in [4.69, 9.17) is 18.5 Å². The Morgan fingerprint density at radius 3 is 2.78 bits per heavy atom. The number of esters is 1. The van der Waals surface area contributed by atoms with Crippen molar-refractivity contribution in [3.05, 3.63) is 75.3 Å². The summed E-state index contributed by atoms with van der Waals surface area (Å²) in [6.07, 6.45) is -2.57. The molecule has 3 aromatic rings. The lowest BCUT2D eigenvalue weighted by molar-refractivity contribution is -0.145. The van der Waals surface area contributed by atoms with Crippen LogP contribution in [0, 0.1) is 5.82 Å². The van der Waals surface area contributed by atoms with Crippen molar-refractivity contribution in [2.24, 2.45) is 0 Å². The second-order valence-electron chi connectivity index (χ2n) is 8.62. The maximum Gasteiger partial charge on any atom is 0.330 e. The molecule has 1 saturated heterocycles. The van der Waals surface area contributed by atoms with Crippen LogP contribution in [0.1, 0.15) is 26.5 Å². The maximum atomic E-state index is 13.7. The van der Waals surface area contributed by atoms with Crippen LogP contribution >= 0.6 is 8.53 Å². The summed E-state index contributed by atoms with van der Waals surface area (Å²) >= 11 is 0. The number of nitrogens with zero attached hydrogens (tertiary/aromatic N) is 1. The molecule has 0 spiro atoms. The monoisotopic (exact) mass is 535 g/mol. The van der Waals surface area contributed by atoms with Gasteiger partial charge in [-0.15, -0.1) is 0 Å². The van der Waals surface area contributed by atoms with Crippen LogP contribution < -0.4 is 20.9 Å². The molecular formula is C24H27FN3O8P. The van der Waals surface area contributed by atoms with Crippen molar-refractivity contribution in [2.75, 3.05) is 13.2 Å². The van der Waals surface area contributed by atoms with Gasteiger partial charge in [0.25, 0.3) is 5.56 Å². The molecule has 37 heavy (non-hydrogen) atoms. The number of halogens is 1. The lowest BCUT2D eigenvalue weighted by Crippen LogP contribution is -2.36. The lowest BCUT2D eigenvalue weighted by Gasteiger charge is -2.21. The number of rotatable bonds is 10. The van der Waals surface area contributed by atoms with Crippen molar-refractivity contribution in [3.8, 4) is 5.75 Å². The van der Waals surface area contributed by atoms with Gasteiger partial charge in [0, 0.05) is 6.42 Å². The highest BCUT2D eigenvalue weighted by atomic mass is 31.2. The van der Waals surface area contributed by atoms with Gasteiger partial charge in [-0.1, -0.05) is 30.3 Å². The van der Waals surface area contributed by atoms with Gasteiger partial charge >= 0.3 is 20.2 Å². The number of aromatic amines is 1. The minimum atomic E-state index is -1.85. The standard InChI is InChI=1S/C24H27FN3O8P/c1-14(2)34-21(30)11-26-37(36-17-8-7-15-5-3-4-6-16(15)9-17)33-13-18-10-20(29)23(35-18)28-12-19(25)22(31)27-24(28)32/h3-9,12,14,18,20,23,26,29H,10-11,13H2,1-2H3,(H,27,31,32). The van der Waals surface area contributed by atoms with E-state index in [1.807, 2.05) is 41.4 Å². The number of benzene rings is 2. The first-order chi connectivity index (χ1) is 17.7. The first-order valence-corrected chi connectivity index (χ1v) is 12.7. The SMILES string of the molecule is CC(C)OC(=O)CNP(OCC1CC(O)C(n2cc(F)c(=O)[nH]c2=O)O1)Oc1ccc2ccccc2c1. The number of H-pyrrole nitrogens is 1. The lowest BCUT2D eigenvalue weighted by atomic mass is 10.1. The van der Waals surface area contributed by atoms with Crippen LogP contribution in [0.25, 0.3) is 10.8 Å². The first-order valence-electron chi connectivity index (χ1n) is 11.6. The molecule has 1 aliphatic heterocycles. The summed E-state index contributed by atoms with van der Waals surface area (Å²) in [5, 5.41) is 15.3. The Hall–Kier alpha value is -3.15.